The van der Waals surface area contributed by atoms with E-state index >= 15 is 0 Å². The van der Waals surface area contributed by atoms with E-state index in [4.69, 9.17) is 11.6 Å². The van der Waals surface area contributed by atoms with E-state index in [-0.39, 0.29) is 38.1 Å². The fraction of sp³-hybridized carbons (Fsp3) is 0.650. The van der Waals surface area contributed by atoms with Gasteiger partial charge in [-0.3, -0.25) is 14.6 Å². The molecule has 0 radical (unpaired) electrons. The van der Waals surface area contributed by atoms with Gasteiger partial charge in [-0.25, -0.2) is 0 Å². The molecule has 1 atom stereocenters. The van der Waals surface area contributed by atoms with Crippen molar-refractivity contribution in [1.29, 1.82) is 0 Å². The van der Waals surface area contributed by atoms with E-state index in [9.17, 15) is 31.1 Å². The third-order valence-corrected chi connectivity index (χ3v) is 6.00. The Kier molecular flexibility index (Phi) is 7.51. The largest absolute Gasteiger partial charge is 0.412 e. The molecule has 5 nitrogen and oxygen atoms in total. The standard InChI is InChI=1S/C20H25ClF6N4O/c1-13(32)28-16-4-5-31(12-16)17-10-15(21)3-2-14(17)11-29-6-8-30(9-7-29)18(19(22,23)24)20(25,26)27/h2-3,10,16,18H,4-9,11-12H2,1H3,(H,28,32)/t16-/m0/s1. The highest BCUT2D eigenvalue weighted by Crippen LogP contribution is 2.38. The quantitative estimate of drug-likeness (QED) is 0.645. The van der Waals surface area contributed by atoms with Gasteiger partial charge < -0.3 is 10.2 Å². The minimum atomic E-state index is -5.37. The van der Waals surface area contributed by atoms with E-state index < -0.39 is 18.4 Å². The first-order valence-corrected chi connectivity index (χ1v) is 10.6. The van der Waals surface area contributed by atoms with Crippen LogP contribution in [0.5, 0.6) is 0 Å². The molecule has 3 rings (SSSR count). The SMILES string of the molecule is CC(=O)N[C@H]1CCN(c2cc(Cl)ccc2CN2CCN(C(C(F)(F)F)C(F)(F)F)CC2)C1. The van der Waals surface area contributed by atoms with Crippen molar-refractivity contribution in [3.63, 3.8) is 0 Å². The number of halogens is 7. The van der Waals surface area contributed by atoms with Crippen molar-refractivity contribution >= 4 is 23.2 Å². The smallest absolute Gasteiger partial charge is 0.369 e. The van der Waals surface area contributed by atoms with Crippen LogP contribution in [0.25, 0.3) is 0 Å². The Morgan fingerprint density at radius 1 is 1.09 bits per heavy atom. The predicted octanol–water partition coefficient (Wildman–Crippen LogP) is 3.67. The zero-order chi connectivity index (χ0) is 23.7. The van der Waals surface area contributed by atoms with Gasteiger partial charge in [-0.1, -0.05) is 17.7 Å². The third-order valence-electron chi connectivity index (χ3n) is 5.77. The molecule has 2 saturated heterocycles. The van der Waals surface area contributed by atoms with Crippen LogP contribution in [-0.4, -0.2) is 79.4 Å². The maximum Gasteiger partial charge on any atom is 0.412 e. The van der Waals surface area contributed by atoms with Gasteiger partial charge >= 0.3 is 12.4 Å². The first-order valence-electron chi connectivity index (χ1n) is 10.2. The highest BCUT2D eigenvalue weighted by atomic mass is 35.5. The number of hydrogen-bond donors (Lipinski definition) is 1. The molecule has 0 saturated carbocycles. The van der Waals surface area contributed by atoms with Gasteiger partial charge in [0.2, 0.25) is 11.9 Å². The summed E-state index contributed by atoms with van der Waals surface area (Å²) in [5, 5.41) is 3.41. The van der Waals surface area contributed by atoms with Crippen LogP contribution in [0.2, 0.25) is 5.02 Å². The van der Waals surface area contributed by atoms with Crippen LogP contribution in [0.15, 0.2) is 18.2 Å². The molecule has 1 amide bonds. The number of alkyl halides is 6. The van der Waals surface area contributed by atoms with Crippen LogP contribution in [0, 0.1) is 0 Å². The average Bonchev–Trinajstić information content (AvgIpc) is 3.10. The van der Waals surface area contributed by atoms with Crippen molar-refractivity contribution in [2.24, 2.45) is 0 Å². The van der Waals surface area contributed by atoms with Gasteiger partial charge in [-0.2, -0.15) is 26.3 Å². The predicted molar refractivity (Wildman–Crippen MR) is 109 cm³/mol. The lowest BCUT2D eigenvalue weighted by Gasteiger charge is -2.40. The molecule has 1 aromatic rings. The summed E-state index contributed by atoms with van der Waals surface area (Å²) in [5.41, 5.74) is 1.74. The first-order chi connectivity index (χ1) is 14.8. The van der Waals surface area contributed by atoms with Gasteiger partial charge in [-0.15, -0.1) is 0 Å². The number of anilines is 1. The van der Waals surface area contributed by atoms with E-state index in [1.807, 2.05) is 11.0 Å². The summed E-state index contributed by atoms with van der Waals surface area (Å²) in [6.45, 7) is 2.63. The Morgan fingerprint density at radius 2 is 1.72 bits per heavy atom. The second kappa shape index (κ2) is 9.64. The first kappa shape index (κ1) is 24.9. The Labute approximate surface area is 187 Å². The second-order valence-corrected chi connectivity index (χ2v) is 8.64. The summed E-state index contributed by atoms with van der Waals surface area (Å²) in [7, 11) is 0. The summed E-state index contributed by atoms with van der Waals surface area (Å²) < 4.78 is 78.0. The zero-order valence-electron chi connectivity index (χ0n) is 17.4. The molecule has 2 heterocycles. The highest BCUT2D eigenvalue weighted by Gasteiger charge is 2.59. The maximum absolute atomic E-state index is 13.0. The Bertz CT molecular complexity index is 796. The lowest BCUT2D eigenvalue weighted by atomic mass is 10.1. The van der Waals surface area contributed by atoms with Crippen LogP contribution < -0.4 is 10.2 Å². The van der Waals surface area contributed by atoms with Crippen LogP contribution in [0.4, 0.5) is 32.0 Å². The molecule has 2 fully saturated rings. The number of rotatable bonds is 5. The normalized spacial score (nSPS) is 21.4. The van der Waals surface area contributed by atoms with E-state index in [0.717, 1.165) is 17.7 Å². The molecule has 12 heteroatoms. The van der Waals surface area contributed by atoms with E-state index in [1.54, 1.807) is 12.1 Å². The number of carbonyl (C=O) groups excluding carboxylic acids is 1. The van der Waals surface area contributed by atoms with Crippen molar-refractivity contribution in [3.8, 4) is 0 Å². The maximum atomic E-state index is 13.0. The van der Waals surface area contributed by atoms with E-state index in [0.29, 0.717) is 29.6 Å². The number of hydrogen-bond acceptors (Lipinski definition) is 4. The van der Waals surface area contributed by atoms with Gasteiger partial charge in [0.25, 0.3) is 0 Å². The number of piperazine rings is 1. The Balaban J connectivity index is 1.66. The molecule has 0 aliphatic carbocycles. The minimum Gasteiger partial charge on any atom is -0.369 e. The lowest BCUT2D eigenvalue weighted by molar-refractivity contribution is -0.289. The van der Waals surface area contributed by atoms with Gasteiger partial charge in [0, 0.05) is 69.5 Å². The highest BCUT2D eigenvalue weighted by molar-refractivity contribution is 6.30. The summed E-state index contributed by atoms with van der Waals surface area (Å²) >= 11 is 6.17. The Morgan fingerprint density at radius 3 is 2.28 bits per heavy atom. The van der Waals surface area contributed by atoms with Gasteiger partial charge in [0.1, 0.15) is 0 Å². The molecule has 0 spiro atoms. The summed E-state index contributed by atoms with van der Waals surface area (Å²) in [5.74, 6) is -0.114. The monoisotopic (exact) mass is 486 g/mol. The third kappa shape index (κ3) is 6.20. The van der Waals surface area contributed by atoms with Crippen LogP contribution in [0.1, 0.15) is 18.9 Å². The molecule has 1 N–H and O–H groups in total. The fourth-order valence-electron chi connectivity index (χ4n) is 4.37. The second-order valence-electron chi connectivity index (χ2n) is 8.20. The molecule has 2 aliphatic heterocycles. The molecular formula is C20H25ClF6N4O. The average molecular weight is 487 g/mol. The van der Waals surface area contributed by atoms with Crippen molar-refractivity contribution in [2.45, 2.75) is 44.3 Å². The molecular weight excluding hydrogens is 462 g/mol. The number of nitrogens with zero attached hydrogens (tertiary/aromatic N) is 3. The van der Waals surface area contributed by atoms with Crippen LogP contribution >= 0.6 is 11.6 Å². The topological polar surface area (TPSA) is 38.8 Å². The van der Waals surface area contributed by atoms with E-state index in [1.165, 1.54) is 6.92 Å². The number of benzene rings is 1. The summed E-state index contributed by atoms with van der Waals surface area (Å²) in [4.78, 5) is 15.7. The molecule has 32 heavy (non-hydrogen) atoms. The molecule has 0 unspecified atom stereocenters. The molecule has 0 aromatic heterocycles. The van der Waals surface area contributed by atoms with Crippen LogP contribution in [-0.2, 0) is 11.3 Å². The molecule has 2 aliphatic rings. The number of carbonyl (C=O) groups is 1. The fourth-order valence-corrected chi connectivity index (χ4v) is 4.54. The lowest BCUT2D eigenvalue weighted by Crippen LogP contribution is -2.60. The molecule has 180 valence electrons. The zero-order valence-corrected chi connectivity index (χ0v) is 18.2. The van der Waals surface area contributed by atoms with Gasteiger partial charge in [0.15, 0.2) is 0 Å². The Hall–Kier alpha value is -1.72. The minimum absolute atomic E-state index is 0.00421. The van der Waals surface area contributed by atoms with Crippen LogP contribution in [0.3, 0.4) is 0 Å². The van der Waals surface area contributed by atoms with Crippen molar-refractivity contribution < 1.29 is 31.1 Å². The number of nitrogens with one attached hydrogen (secondary N) is 1. The van der Waals surface area contributed by atoms with Crippen molar-refractivity contribution in [3.05, 3.63) is 28.8 Å². The summed E-state index contributed by atoms with van der Waals surface area (Å²) in [6.07, 6.45) is -9.98. The van der Waals surface area contributed by atoms with Gasteiger partial charge in [0.05, 0.1) is 0 Å². The van der Waals surface area contributed by atoms with Gasteiger partial charge in [-0.05, 0) is 24.1 Å². The molecule has 0 bridgehead atoms. The number of amides is 1. The van der Waals surface area contributed by atoms with E-state index in [2.05, 4.69) is 10.2 Å². The summed E-state index contributed by atoms with van der Waals surface area (Å²) in [6, 6.07) is 1.89. The van der Waals surface area contributed by atoms with Crippen molar-refractivity contribution in [1.82, 2.24) is 15.1 Å². The molecule has 1 aromatic carbocycles. The van der Waals surface area contributed by atoms with Crippen molar-refractivity contribution in [2.75, 3.05) is 44.2 Å².